The molecule has 4 rings (SSSR count). The summed E-state index contributed by atoms with van der Waals surface area (Å²) in [5.41, 5.74) is 6.31. The Morgan fingerprint density at radius 3 is 2.57 bits per heavy atom. The third kappa shape index (κ3) is 3.96. The molecule has 0 saturated heterocycles. The van der Waals surface area contributed by atoms with E-state index in [1.54, 1.807) is 6.20 Å². The molecule has 4 aromatic rings. The van der Waals surface area contributed by atoms with Gasteiger partial charge in [-0.1, -0.05) is 42.0 Å². The second-order valence-corrected chi connectivity index (χ2v) is 7.01. The number of aromatic amines is 1. The molecular weight excluding hydrogens is 346 g/mol. The first-order chi connectivity index (χ1) is 13.7. The summed E-state index contributed by atoms with van der Waals surface area (Å²) in [6, 6.07) is 22.1. The summed E-state index contributed by atoms with van der Waals surface area (Å²) < 4.78 is 0. The first-order valence-electron chi connectivity index (χ1n) is 9.58. The van der Waals surface area contributed by atoms with Crippen LogP contribution in [0.2, 0.25) is 0 Å². The molecule has 2 aromatic heterocycles. The third-order valence-electron chi connectivity index (χ3n) is 4.90. The second kappa shape index (κ2) is 8.09. The summed E-state index contributed by atoms with van der Waals surface area (Å²) in [6.07, 6.45) is 3.88. The number of amides is 1. The van der Waals surface area contributed by atoms with Crippen molar-refractivity contribution in [1.82, 2.24) is 9.97 Å². The Bertz CT molecular complexity index is 1080. The van der Waals surface area contributed by atoms with Crippen molar-refractivity contribution >= 4 is 22.5 Å². The van der Waals surface area contributed by atoms with Gasteiger partial charge in [-0.25, -0.2) is 0 Å². The standard InChI is InChI=1S/C24H23N3O/c1-17-12-14-18(15-13-17)26-23(28)11-6-8-20-19-7-2-3-9-21(19)27-24(20)22-10-4-5-16-25-22/h2-5,7,9-10,12-16,27H,6,8,11H2,1H3,(H,26,28). The molecule has 0 radical (unpaired) electrons. The average Bonchev–Trinajstić information content (AvgIpc) is 3.09. The van der Waals surface area contributed by atoms with Gasteiger partial charge in [0.05, 0.1) is 11.4 Å². The van der Waals surface area contributed by atoms with Crippen LogP contribution in [0.3, 0.4) is 0 Å². The highest BCUT2D eigenvalue weighted by molar-refractivity contribution is 5.91. The molecule has 28 heavy (non-hydrogen) atoms. The first-order valence-corrected chi connectivity index (χ1v) is 9.58. The molecule has 0 aliphatic rings. The van der Waals surface area contributed by atoms with Gasteiger partial charge in [0.15, 0.2) is 0 Å². The summed E-state index contributed by atoms with van der Waals surface area (Å²) in [7, 11) is 0. The highest BCUT2D eigenvalue weighted by Gasteiger charge is 2.14. The number of pyridine rings is 1. The number of anilines is 1. The van der Waals surface area contributed by atoms with Crippen LogP contribution in [0.25, 0.3) is 22.3 Å². The van der Waals surface area contributed by atoms with E-state index in [0.717, 1.165) is 35.4 Å². The van der Waals surface area contributed by atoms with Crippen LogP contribution >= 0.6 is 0 Å². The van der Waals surface area contributed by atoms with Crippen molar-refractivity contribution in [3.63, 3.8) is 0 Å². The number of aromatic nitrogens is 2. The number of carbonyl (C=O) groups is 1. The number of para-hydroxylation sites is 1. The number of H-pyrrole nitrogens is 1. The van der Waals surface area contributed by atoms with E-state index in [9.17, 15) is 4.79 Å². The smallest absolute Gasteiger partial charge is 0.224 e. The zero-order valence-electron chi connectivity index (χ0n) is 15.9. The van der Waals surface area contributed by atoms with Gasteiger partial charge in [-0.05, 0) is 55.7 Å². The number of rotatable bonds is 6. The lowest BCUT2D eigenvalue weighted by atomic mass is 10.0. The van der Waals surface area contributed by atoms with Gasteiger partial charge in [-0.2, -0.15) is 0 Å². The van der Waals surface area contributed by atoms with Crippen LogP contribution < -0.4 is 5.32 Å². The Morgan fingerprint density at radius 1 is 1.00 bits per heavy atom. The minimum Gasteiger partial charge on any atom is -0.353 e. The van der Waals surface area contributed by atoms with Crippen molar-refractivity contribution in [2.75, 3.05) is 5.32 Å². The van der Waals surface area contributed by atoms with E-state index in [4.69, 9.17) is 0 Å². The molecule has 0 unspecified atom stereocenters. The van der Waals surface area contributed by atoms with Crippen LogP contribution in [-0.2, 0) is 11.2 Å². The minimum absolute atomic E-state index is 0.0445. The van der Waals surface area contributed by atoms with Gasteiger partial charge in [-0.3, -0.25) is 9.78 Å². The van der Waals surface area contributed by atoms with E-state index in [1.807, 2.05) is 61.5 Å². The van der Waals surface area contributed by atoms with Crippen LogP contribution in [-0.4, -0.2) is 15.9 Å². The van der Waals surface area contributed by atoms with Gasteiger partial charge in [0, 0.05) is 29.2 Å². The fourth-order valence-electron chi connectivity index (χ4n) is 3.48. The molecule has 1 amide bonds. The van der Waals surface area contributed by atoms with Gasteiger partial charge in [0.2, 0.25) is 5.91 Å². The lowest BCUT2D eigenvalue weighted by Gasteiger charge is -2.07. The summed E-state index contributed by atoms with van der Waals surface area (Å²) in [4.78, 5) is 20.3. The Morgan fingerprint density at radius 2 is 1.79 bits per heavy atom. The summed E-state index contributed by atoms with van der Waals surface area (Å²) in [6.45, 7) is 2.03. The van der Waals surface area contributed by atoms with Crippen molar-refractivity contribution in [3.8, 4) is 11.4 Å². The number of nitrogens with zero attached hydrogens (tertiary/aromatic N) is 1. The molecular formula is C24H23N3O. The Balaban J connectivity index is 1.48. The fraction of sp³-hybridized carbons (Fsp3) is 0.167. The van der Waals surface area contributed by atoms with Crippen LogP contribution in [0, 0.1) is 6.92 Å². The maximum atomic E-state index is 12.3. The van der Waals surface area contributed by atoms with Gasteiger partial charge in [0.25, 0.3) is 0 Å². The monoisotopic (exact) mass is 369 g/mol. The van der Waals surface area contributed by atoms with E-state index in [2.05, 4.69) is 27.4 Å². The highest BCUT2D eigenvalue weighted by atomic mass is 16.1. The van der Waals surface area contributed by atoms with E-state index < -0.39 is 0 Å². The van der Waals surface area contributed by atoms with Crippen LogP contribution in [0.15, 0.2) is 72.9 Å². The van der Waals surface area contributed by atoms with Crippen molar-refractivity contribution in [2.45, 2.75) is 26.2 Å². The molecule has 2 aromatic carbocycles. The number of fused-ring (bicyclic) bond motifs is 1. The fourth-order valence-corrected chi connectivity index (χ4v) is 3.48. The molecule has 0 atom stereocenters. The number of nitrogens with one attached hydrogen (secondary N) is 2. The molecule has 0 aliphatic heterocycles. The van der Waals surface area contributed by atoms with Crippen LogP contribution in [0.1, 0.15) is 24.0 Å². The number of hydrogen-bond donors (Lipinski definition) is 2. The van der Waals surface area contributed by atoms with Gasteiger partial charge < -0.3 is 10.3 Å². The van der Waals surface area contributed by atoms with Gasteiger partial charge in [0.1, 0.15) is 0 Å². The third-order valence-corrected chi connectivity index (χ3v) is 4.90. The first kappa shape index (κ1) is 18.0. The normalized spacial score (nSPS) is 10.9. The summed E-state index contributed by atoms with van der Waals surface area (Å²) in [5.74, 6) is 0.0445. The SMILES string of the molecule is Cc1ccc(NC(=O)CCCc2c(-c3ccccn3)[nH]c3ccccc23)cc1. The molecule has 2 N–H and O–H groups in total. The van der Waals surface area contributed by atoms with Crippen molar-refractivity contribution in [3.05, 3.63) is 84.1 Å². The molecule has 0 aliphatic carbocycles. The summed E-state index contributed by atoms with van der Waals surface area (Å²) >= 11 is 0. The van der Waals surface area contributed by atoms with Crippen molar-refractivity contribution in [1.29, 1.82) is 0 Å². The molecule has 140 valence electrons. The molecule has 2 heterocycles. The van der Waals surface area contributed by atoms with Crippen molar-refractivity contribution < 1.29 is 4.79 Å². The van der Waals surface area contributed by atoms with Gasteiger partial charge >= 0.3 is 0 Å². The lowest BCUT2D eigenvalue weighted by Crippen LogP contribution is -2.11. The average molecular weight is 369 g/mol. The van der Waals surface area contributed by atoms with E-state index in [1.165, 1.54) is 16.5 Å². The van der Waals surface area contributed by atoms with E-state index >= 15 is 0 Å². The zero-order chi connectivity index (χ0) is 19.3. The summed E-state index contributed by atoms with van der Waals surface area (Å²) in [5, 5.41) is 4.17. The Hall–Kier alpha value is -3.40. The molecule has 0 spiro atoms. The zero-order valence-corrected chi connectivity index (χ0v) is 15.9. The Labute approximate surface area is 164 Å². The van der Waals surface area contributed by atoms with Crippen LogP contribution in [0.4, 0.5) is 5.69 Å². The molecule has 0 fully saturated rings. The van der Waals surface area contributed by atoms with Crippen molar-refractivity contribution in [2.24, 2.45) is 0 Å². The number of carbonyl (C=O) groups excluding carboxylic acids is 1. The van der Waals surface area contributed by atoms with Gasteiger partial charge in [-0.15, -0.1) is 0 Å². The largest absolute Gasteiger partial charge is 0.353 e. The predicted molar refractivity (Wildman–Crippen MR) is 114 cm³/mol. The predicted octanol–water partition coefficient (Wildman–Crippen LogP) is 5.50. The van der Waals surface area contributed by atoms with Crippen LogP contribution in [0.5, 0.6) is 0 Å². The Kier molecular flexibility index (Phi) is 5.20. The highest BCUT2D eigenvalue weighted by Crippen LogP contribution is 2.30. The minimum atomic E-state index is 0.0445. The molecule has 4 nitrogen and oxygen atoms in total. The number of benzene rings is 2. The molecule has 4 heteroatoms. The van der Waals surface area contributed by atoms with E-state index in [-0.39, 0.29) is 5.91 Å². The molecule has 0 saturated carbocycles. The molecule has 0 bridgehead atoms. The number of hydrogen-bond acceptors (Lipinski definition) is 2. The topological polar surface area (TPSA) is 57.8 Å². The van der Waals surface area contributed by atoms with E-state index in [0.29, 0.717) is 6.42 Å². The maximum Gasteiger partial charge on any atom is 0.224 e. The maximum absolute atomic E-state index is 12.3. The number of aryl methyl sites for hydroxylation is 2. The lowest BCUT2D eigenvalue weighted by molar-refractivity contribution is -0.116. The second-order valence-electron chi connectivity index (χ2n) is 7.01. The quantitative estimate of drug-likeness (QED) is 0.471.